The van der Waals surface area contributed by atoms with Gasteiger partial charge in [-0.3, -0.25) is 4.79 Å². The Bertz CT molecular complexity index is 1100. The van der Waals surface area contributed by atoms with Crippen LogP contribution >= 0.6 is 0 Å². The molecule has 5 heteroatoms. The van der Waals surface area contributed by atoms with Gasteiger partial charge in [0, 0.05) is 37.4 Å². The second kappa shape index (κ2) is 8.36. The smallest absolute Gasteiger partial charge is 0.150 e. The van der Waals surface area contributed by atoms with E-state index in [1.165, 1.54) is 5.56 Å². The van der Waals surface area contributed by atoms with Crippen molar-refractivity contribution in [1.29, 1.82) is 0 Å². The fraction of sp³-hybridized carbons (Fsp3) is 0.231. The molecular weight excluding hydrogens is 384 g/mol. The first-order valence-electron chi connectivity index (χ1n) is 10.7. The van der Waals surface area contributed by atoms with Crippen LogP contribution in [-0.4, -0.2) is 49.4 Å². The number of aromatic nitrogens is 1. The Kier molecular flexibility index (Phi) is 5.26. The predicted molar refractivity (Wildman–Crippen MR) is 126 cm³/mol. The maximum absolute atomic E-state index is 11.1. The average molecular weight is 411 g/mol. The number of likely N-dealkylation sites (N-methyl/N-ethyl adjacent to an activating group) is 1. The van der Waals surface area contributed by atoms with Crippen LogP contribution in [0.1, 0.15) is 27.2 Å². The quantitative estimate of drug-likeness (QED) is 0.604. The number of hydrogen-bond donors (Lipinski definition) is 0. The zero-order valence-corrected chi connectivity index (χ0v) is 17.7. The SMILES string of the molecule is CN1CCN(c2ccc3c(n2)C=C(c2ccc(C=O)cc2)N(c2ccccc2)C3)CC1. The van der Waals surface area contributed by atoms with Crippen molar-refractivity contribution in [3.63, 3.8) is 0 Å². The highest BCUT2D eigenvalue weighted by Crippen LogP contribution is 2.35. The number of para-hydroxylation sites is 1. The van der Waals surface area contributed by atoms with Gasteiger partial charge in [-0.1, -0.05) is 48.5 Å². The summed E-state index contributed by atoms with van der Waals surface area (Å²) in [4.78, 5) is 23.2. The Morgan fingerprint density at radius 2 is 1.61 bits per heavy atom. The summed E-state index contributed by atoms with van der Waals surface area (Å²) in [6.07, 6.45) is 3.06. The van der Waals surface area contributed by atoms with E-state index < -0.39 is 0 Å². The van der Waals surface area contributed by atoms with Crippen LogP contribution in [0.5, 0.6) is 0 Å². The molecule has 3 aromatic rings. The van der Waals surface area contributed by atoms with Gasteiger partial charge in [0.2, 0.25) is 0 Å². The molecule has 1 saturated heterocycles. The van der Waals surface area contributed by atoms with E-state index >= 15 is 0 Å². The molecule has 0 N–H and O–H groups in total. The average Bonchev–Trinajstić information content (AvgIpc) is 2.84. The second-order valence-corrected chi connectivity index (χ2v) is 8.20. The molecule has 0 radical (unpaired) electrons. The van der Waals surface area contributed by atoms with Crippen LogP contribution in [0.25, 0.3) is 11.8 Å². The summed E-state index contributed by atoms with van der Waals surface area (Å²) in [5.41, 5.74) is 6.24. The Labute approximate surface area is 183 Å². The van der Waals surface area contributed by atoms with Gasteiger partial charge in [-0.2, -0.15) is 0 Å². The molecule has 0 unspecified atom stereocenters. The van der Waals surface area contributed by atoms with Crippen molar-refractivity contribution in [2.45, 2.75) is 6.54 Å². The van der Waals surface area contributed by atoms with Gasteiger partial charge in [0.05, 0.1) is 17.9 Å². The molecule has 1 aromatic heterocycles. The number of anilines is 2. The molecule has 0 amide bonds. The maximum atomic E-state index is 11.1. The highest BCUT2D eigenvalue weighted by molar-refractivity contribution is 5.92. The topological polar surface area (TPSA) is 39.7 Å². The standard InChI is InChI=1S/C26H26N4O/c1-28-13-15-29(16-14-28)26-12-11-22-18-30(23-5-3-2-4-6-23)25(17-24(22)27-26)21-9-7-20(19-31)8-10-21/h2-12,17,19H,13-16,18H2,1H3. The largest absolute Gasteiger partial charge is 0.354 e. The molecule has 2 aliphatic heterocycles. The van der Waals surface area contributed by atoms with Crippen LogP contribution in [-0.2, 0) is 6.54 Å². The van der Waals surface area contributed by atoms with Crippen molar-refractivity contribution in [2.24, 2.45) is 0 Å². The van der Waals surface area contributed by atoms with Gasteiger partial charge < -0.3 is 14.7 Å². The van der Waals surface area contributed by atoms with Crippen molar-refractivity contribution in [3.05, 3.63) is 89.1 Å². The Morgan fingerprint density at radius 1 is 0.871 bits per heavy atom. The number of piperazine rings is 1. The van der Waals surface area contributed by atoms with Crippen LogP contribution in [0.2, 0.25) is 0 Å². The molecule has 31 heavy (non-hydrogen) atoms. The lowest BCUT2D eigenvalue weighted by atomic mass is 10.00. The van der Waals surface area contributed by atoms with E-state index in [2.05, 4.69) is 64.2 Å². The number of aldehydes is 1. The molecule has 3 heterocycles. The lowest BCUT2D eigenvalue weighted by Crippen LogP contribution is -2.44. The van der Waals surface area contributed by atoms with E-state index in [1.54, 1.807) is 0 Å². The normalized spacial score (nSPS) is 16.6. The minimum atomic E-state index is 0.683. The molecule has 0 bridgehead atoms. The first kappa shape index (κ1) is 19.5. The molecular formula is C26H26N4O. The number of nitrogens with zero attached hydrogens (tertiary/aromatic N) is 4. The monoisotopic (exact) mass is 410 g/mol. The molecule has 5 rings (SSSR count). The van der Waals surface area contributed by atoms with Gasteiger partial charge in [-0.15, -0.1) is 0 Å². The van der Waals surface area contributed by atoms with Crippen molar-refractivity contribution < 1.29 is 4.79 Å². The van der Waals surface area contributed by atoms with Gasteiger partial charge in [0.1, 0.15) is 12.1 Å². The number of rotatable bonds is 4. The molecule has 2 aliphatic rings. The van der Waals surface area contributed by atoms with Crippen LogP contribution < -0.4 is 9.80 Å². The molecule has 0 spiro atoms. The van der Waals surface area contributed by atoms with Crippen LogP contribution in [0.3, 0.4) is 0 Å². The number of carbonyl (C=O) groups excluding carboxylic acids is 1. The van der Waals surface area contributed by atoms with E-state index in [9.17, 15) is 4.79 Å². The van der Waals surface area contributed by atoms with E-state index in [0.29, 0.717) is 5.56 Å². The zero-order valence-electron chi connectivity index (χ0n) is 17.7. The van der Waals surface area contributed by atoms with Gasteiger partial charge in [-0.05, 0) is 42.4 Å². The summed E-state index contributed by atoms with van der Waals surface area (Å²) in [7, 11) is 2.17. The van der Waals surface area contributed by atoms with Crippen LogP contribution in [0.15, 0.2) is 66.7 Å². The lowest BCUT2D eigenvalue weighted by molar-refractivity contribution is 0.112. The summed E-state index contributed by atoms with van der Waals surface area (Å²) >= 11 is 0. The summed E-state index contributed by atoms with van der Waals surface area (Å²) in [5.74, 6) is 1.05. The first-order chi connectivity index (χ1) is 15.2. The minimum absolute atomic E-state index is 0.683. The van der Waals surface area contributed by atoms with Crippen LogP contribution in [0, 0.1) is 0 Å². The van der Waals surface area contributed by atoms with Crippen molar-refractivity contribution in [1.82, 2.24) is 9.88 Å². The molecule has 5 nitrogen and oxygen atoms in total. The minimum Gasteiger partial charge on any atom is -0.354 e. The van der Waals surface area contributed by atoms with Crippen molar-refractivity contribution >= 4 is 29.6 Å². The second-order valence-electron chi connectivity index (χ2n) is 8.20. The Hall–Kier alpha value is -3.44. The van der Waals surface area contributed by atoms with Crippen molar-refractivity contribution in [2.75, 3.05) is 43.0 Å². The zero-order chi connectivity index (χ0) is 21.2. The van der Waals surface area contributed by atoms with Gasteiger partial charge in [0.25, 0.3) is 0 Å². The molecule has 0 aliphatic carbocycles. The summed E-state index contributed by atoms with van der Waals surface area (Å²) < 4.78 is 0. The predicted octanol–water partition coefficient (Wildman–Crippen LogP) is 4.16. The highest BCUT2D eigenvalue weighted by Gasteiger charge is 2.23. The number of carbonyl (C=O) groups is 1. The molecule has 156 valence electrons. The van der Waals surface area contributed by atoms with Gasteiger partial charge in [0.15, 0.2) is 0 Å². The van der Waals surface area contributed by atoms with E-state index in [4.69, 9.17) is 4.98 Å². The number of benzene rings is 2. The third-order valence-electron chi connectivity index (χ3n) is 6.13. The lowest BCUT2D eigenvalue weighted by Gasteiger charge is -2.35. The number of hydrogen-bond acceptors (Lipinski definition) is 5. The van der Waals surface area contributed by atoms with E-state index in [0.717, 1.165) is 67.5 Å². The maximum Gasteiger partial charge on any atom is 0.150 e. The third kappa shape index (κ3) is 3.97. The number of fused-ring (bicyclic) bond motifs is 1. The fourth-order valence-electron chi connectivity index (χ4n) is 4.24. The fourth-order valence-corrected chi connectivity index (χ4v) is 4.24. The molecule has 2 aromatic carbocycles. The molecule has 0 atom stereocenters. The molecule has 1 fully saturated rings. The summed E-state index contributed by atoms with van der Waals surface area (Å²) in [5, 5.41) is 0. The Morgan fingerprint density at radius 3 is 2.32 bits per heavy atom. The summed E-state index contributed by atoms with van der Waals surface area (Å²) in [6, 6.07) is 22.6. The van der Waals surface area contributed by atoms with Gasteiger partial charge >= 0.3 is 0 Å². The third-order valence-corrected chi connectivity index (χ3v) is 6.13. The van der Waals surface area contributed by atoms with Gasteiger partial charge in [-0.25, -0.2) is 4.98 Å². The number of pyridine rings is 1. The van der Waals surface area contributed by atoms with E-state index in [-0.39, 0.29) is 0 Å². The summed E-state index contributed by atoms with van der Waals surface area (Å²) in [6.45, 7) is 4.89. The highest BCUT2D eigenvalue weighted by atomic mass is 16.1. The Balaban J connectivity index is 1.55. The first-order valence-corrected chi connectivity index (χ1v) is 10.7. The van der Waals surface area contributed by atoms with Crippen molar-refractivity contribution in [3.8, 4) is 0 Å². The van der Waals surface area contributed by atoms with E-state index in [1.807, 2.05) is 30.3 Å². The molecule has 0 saturated carbocycles. The van der Waals surface area contributed by atoms with Crippen LogP contribution in [0.4, 0.5) is 11.5 Å².